The van der Waals surface area contributed by atoms with Gasteiger partial charge in [0, 0.05) is 6.42 Å². The number of hydrogen-bond donors (Lipinski definition) is 1. The van der Waals surface area contributed by atoms with E-state index in [9.17, 15) is 5.11 Å². The maximum absolute atomic E-state index is 9.49. The van der Waals surface area contributed by atoms with Crippen molar-refractivity contribution >= 4 is 0 Å². The summed E-state index contributed by atoms with van der Waals surface area (Å²) in [6.07, 6.45) is 4.79. The minimum Gasteiger partial charge on any atom is -0.504 e. The summed E-state index contributed by atoms with van der Waals surface area (Å²) in [5.41, 5.74) is 1.16. The third-order valence-corrected chi connectivity index (χ3v) is 2.36. The lowest BCUT2D eigenvalue weighted by molar-refractivity contribution is 0.0570. The van der Waals surface area contributed by atoms with Crippen LogP contribution in [0.1, 0.15) is 33.1 Å². The van der Waals surface area contributed by atoms with Crippen molar-refractivity contribution in [3.05, 3.63) is 23.2 Å². The van der Waals surface area contributed by atoms with Gasteiger partial charge in [-0.25, -0.2) is 0 Å². The van der Waals surface area contributed by atoms with Gasteiger partial charge in [0.25, 0.3) is 0 Å². The predicted molar refractivity (Wildman–Crippen MR) is 46.8 cm³/mol. The van der Waals surface area contributed by atoms with Gasteiger partial charge in [0.05, 0.1) is 0 Å². The fraction of sp³-hybridized carbons (Fsp3) is 0.600. The van der Waals surface area contributed by atoms with Gasteiger partial charge in [-0.15, -0.1) is 0 Å². The van der Waals surface area contributed by atoms with Crippen molar-refractivity contribution in [3.8, 4) is 0 Å². The Balaban J connectivity index is 2.29. The first-order valence-electron chi connectivity index (χ1n) is 4.39. The lowest BCUT2D eigenvalue weighted by atomic mass is 9.95. The second-order valence-corrected chi connectivity index (χ2v) is 4.10. The molecule has 0 unspecified atom stereocenters. The first-order chi connectivity index (χ1) is 5.58. The molecule has 0 radical (unpaired) electrons. The third-order valence-electron chi connectivity index (χ3n) is 2.36. The molecular weight excluding hydrogens is 152 g/mol. The Hall–Kier alpha value is -0.920. The molecule has 66 valence electrons. The molecule has 0 saturated heterocycles. The van der Waals surface area contributed by atoms with Crippen LogP contribution in [0.15, 0.2) is 23.2 Å². The van der Waals surface area contributed by atoms with Gasteiger partial charge in [0.1, 0.15) is 5.60 Å². The van der Waals surface area contributed by atoms with Crippen LogP contribution in [0.3, 0.4) is 0 Å². The number of aliphatic hydroxyl groups is 1. The molecule has 0 aromatic carbocycles. The van der Waals surface area contributed by atoms with Gasteiger partial charge in [0.15, 0.2) is 11.5 Å². The molecule has 1 aliphatic carbocycles. The normalized spacial score (nSPS) is 26.3. The predicted octanol–water partition coefficient (Wildman–Crippen LogP) is 2.68. The second kappa shape index (κ2) is 2.28. The highest BCUT2D eigenvalue weighted by molar-refractivity contribution is 5.33. The fourth-order valence-corrected chi connectivity index (χ4v) is 1.89. The van der Waals surface area contributed by atoms with Crippen LogP contribution in [0.25, 0.3) is 0 Å². The Morgan fingerprint density at radius 3 is 2.92 bits per heavy atom. The average molecular weight is 166 g/mol. The van der Waals surface area contributed by atoms with Crippen molar-refractivity contribution in [2.24, 2.45) is 0 Å². The van der Waals surface area contributed by atoms with E-state index in [-0.39, 0.29) is 5.60 Å². The summed E-state index contributed by atoms with van der Waals surface area (Å²) in [5.74, 6) is 1.08. The van der Waals surface area contributed by atoms with Crippen LogP contribution in [0.4, 0.5) is 0 Å². The van der Waals surface area contributed by atoms with Crippen LogP contribution in [-0.4, -0.2) is 10.7 Å². The minimum absolute atomic E-state index is 0.114. The molecule has 0 saturated carbocycles. The molecule has 1 aliphatic heterocycles. The lowest BCUT2D eigenvalue weighted by Crippen LogP contribution is -2.18. The average Bonchev–Trinajstić information content (AvgIpc) is 2.25. The summed E-state index contributed by atoms with van der Waals surface area (Å²) in [6, 6.07) is 0. The molecule has 2 nitrogen and oxygen atoms in total. The summed E-state index contributed by atoms with van der Waals surface area (Å²) in [6.45, 7) is 4.11. The molecule has 0 atom stereocenters. The largest absolute Gasteiger partial charge is 0.504 e. The summed E-state index contributed by atoms with van der Waals surface area (Å²) < 4.78 is 5.63. The molecule has 0 aromatic rings. The molecule has 0 aromatic heterocycles. The van der Waals surface area contributed by atoms with Crippen molar-refractivity contribution in [2.45, 2.75) is 38.7 Å². The van der Waals surface area contributed by atoms with Crippen LogP contribution in [0, 0.1) is 0 Å². The highest BCUT2D eigenvalue weighted by Gasteiger charge is 2.34. The second-order valence-electron chi connectivity index (χ2n) is 4.10. The van der Waals surface area contributed by atoms with E-state index in [1.807, 2.05) is 6.08 Å². The van der Waals surface area contributed by atoms with Crippen LogP contribution < -0.4 is 0 Å². The van der Waals surface area contributed by atoms with Crippen molar-refractivity contribution < 1.29 is 9.84 Å². The fourth-order valence-electron chi connectivity index (χ4n) is 1.89. The Kier molecular flexibility index (Phi) is 1.47. The van der Waals surface area contributed by atoms with E-state index in [1.54, 1.807) is 0 Å². The molecule has 2 heteroatoms. The monoisotopic (exact) mass is 166 g/mol. The van der Waals surface area contributed by atoms with Crippen LogP contribution in [-0.2, 0) is 4.74 Å². The molecular formula is C10H14O2. The Labute approximate surface area is 72.5 Å². The van der Waals surface area contributed by atoms with E-state index in [0.29, 0.717) is 5.76 Å². The quantitative estimate of drug-likeness (QED) is 0.599. The number of aliphatic hydroxyl groups excluding tert-OH is 1. The highest BCUT2D eigenvalue weighted by Crippen LogP contribution is 2.40. The zero-order valence-electron chi connectivity index (χ0n) is 7.55. The summed E-state index contributed by atoms with van der Waals surface area (Å²) >= 11 is 0. The van der Waals surface area contributed by atoms with Crippen molar-refractivity contribution in [3.63, 3.8) is 0 Å². The molecule has 0 amide bonds. The Morgan fingerprint density at radius 2 is 2.25 bits per heavy atom. The van der Waals surface area contributed by atoms with E-state index in [2.05, 4.69) is 13.8 Å². The maximum atomic E-state index is 9.49. The Morgan fingerprint density at radius 1 is 1.50 bits per heavy atom. The molecule has 12 heavy (non-hydrogen) atoms. The molecule has 2 rings (SSSR count). The van der Waals surface area contributed by atoms with Gasteiger partial charge in [0.2, 0.25) is 0 Å². The maximum Gasteiger partial charge on any atom is 0.160 e. The van der Waals surface area contributed by atoms with Crippen LogP contribution in [0.5, 0.6) is 0 Å². The topological polar surface area (TPSA) is 29.5 Å². The summed E-state index contributed by atoms with van der Waals surface area (Å²) in [5, 5.41) is 9.49. The van der Waals surface area contributed by atoms with Gasteiger partial charge in [-0.05, 0) is 38.3 Å². The van der Waals surface area contributed by atoms with E-state index in [0.717, 1.165) is 25.0 Å². The van der Waals surface area contributed by atoms with E-state index < -0.39 is 0 Å². The first kappa shape index (κ1) is 7.71. The van der Waals surface area contributed by atoms with Crippen LogP contribution in [0.2, 0.25) is 0 Å². The zero-order valence-corrected chi connectivity index (χ0v) is 7.55. The molecule has 2 aliphatic rings. The van der Waals surface area contributed by atoms with E-state index >= 15 is 0 Å². The van der Waals surface area contributed by atoms with Crippen molar-refractivity contribution in [1.29, 1.82) is 0 Å². The smallest absolute Gasteiger partial charge is 0.160 e. The van der Waals surface area contributed by atoms with Gasteiger partial charge in [-0.2, -0.15) is 0 Å². The standard InChI is InChI=1S/C10H14O2/c1-10(2)6-7-4-3-5-8(11)9(7)12-10/h5,11H,3-4,6H2,1-2H3. The number of ether oxygens (including phenoxy) is 1. The summed E-state index contributed by atoms with van der Waals surface area (Å²) in [7, 11) is 0. The lowest BCUT2D eigenvalue weighted by Gasteiger charge is -2.19. The van der Waals surface area contributed by atoms with E-state index in [4.69, 9.17) is 4.74 Å². The van der Waals surface area contributed by atoms with Crippen LogP contribution >= 0.6 is 0 Å². The first-order valence-corrected chi connectivity index (χ1v) is 4.39. The van der Waals surface area contributed by atoms with Gasteiger partial charge >= 0.3 is 0 Å². The number of rotatable bonds is 0. The Bertz CT molecular complexity index is 272. The molecule has 1 heterocycles. The molecule has 0 bridgehead atoms. The van der Waals surface area contributed by atoms with Gasteiger partial charge in [-0.1, -0.05) is 0 Å². The SMILES string of the molecule is CC1(C)CC2=C(O1)C(O)=CCC2. The highest BCUT2D eigenvalue weighted by atomic mass is 16.5. The molecule has 0 fully saturated rings. The van der Waals surface area contributed by atoms with Gasteiger partial charge < -0.3 is 9.84 Å². The zero-order chi connectivity index (χ0) is 8.77. The number of allylic oxidation sites excluding steroid dienone is 1. The van der Waals surface area contributed by atoms with Crippen molar-refractivity contribution in [1.82, 2.24) is 0 Å². The van der Waals surface area contributed by atoms with Crippen molar-refractivity contribution in [2.75, 3.05) is 0 Å². The molecule has 1 N–H and O–H groups in total. The summed E-state index contributed by atoms with van der Waals surface area (Å²) in [4.78, 5) is 0. The minimum atomic E-state index is -0.114. The molecule has 0 spiro atoms. The third kappa shape index (κ3) is 1.11. The number of hydrogen-bond acceptors (Lipinski definition) is 2. The van der Waals surface area contributed by atoms with Gasteiger partial charge in [-0.3, -0.25) is 0 Å². The van der Waals surface area contributed by atoms with E-state index in [1.165, 1.54) is 5.57 Å².